The Hall–Kier alpha value is -3.07. The highest BCUT2D eigenvalue weighted by Gasteiger charge is 2.30. The van der Waals surface area contributed by atoms with E-state index in [0.29, 0.717) is 23.7 Å². The van der Waals surface area contributed by atoms with Crippen LogP contribution in [0.25, 0.3) is 10.2 Å². The van der Waals surface area contributed by atoms with Crippen molar-refractivity contribution in [2.45, 2.75) is 24.7 Å². The predicted molar refractivity (Wildman–Crippen MR) is 148 cm³/mol. The van der Waals surface area contributed by atoms with Gasteiger partial charge >= 0.3 is 0 Å². The van der Waals surface area contributed by atoms with E-state index in [1.54, 1.807) is 23.1 Å². The lowest BCUT2D eigenvalue weighted by Gasteiger charge is -2.28. The van der Waals surface area contributed by atoms with Crippen LogP contribution < -0.4 is 4.90 Å². The highest BCUT2D eigenvalue weighted by molar-refractivity contribution is 7.90. The highest BCUT2D eigenvalue weighted by atomic mass is 32.2. The molecule has 0 bridgehead atoms. The minimum absolute atomic E-state index is 0.0538. The second kappa shape index (κ2) is 11.3. The molecule has 4 rings (SSSR count). The van der Waals surface area contributed by atoms with Crippen molar-refractivity contribution in [1.29, 1.82) is 0 Å². The standard InChI is InChI=1S/C28H31N3O3S2/c1-4-30(5-2)18-19-31(28-29-24-17-16-23(36(3,33)34)20-25(24)35-28)27(32)26(21-12-8-6-9-13-21)22-14-10-7-11-15-22/h6-17,20,26H,4-5,18-19H2,1-3H3. The predicted octanol–water partition coefficient (Wildman–Crippen LogP) is 5.21. The zero-order valence-electron chi connectivity index (χ0n) is 20.8. The third kappa shape index (κ3) is 5.83. The first-order valence-corrected chi connectivity index (χ1v) is 14.8. The van der Waals surface area contributed by atoms with Gasteiger partial charge in [-0.15, -0.1) is 0 Å². The van der Waals surface area contributed by atoms with Crippen LogP contribution in [0.15, 0.2) is 83.8 Å². The lowest BCUT2D eigenvalue weighted by molar-refractivity contribution is -0.119. The fourth-order valence-electron chi connectivity index (χ4n) is 4.24. The minimum Gasteiger partial charge on any atom is -0.302 e. The van der Waals surface area contributed by atoms with Crippen LogP contribution in [-0.2, 0) is 14.6 Å². The number of hydrogen-bond donors (Lipinski definition) is 0. The van der Waals surface area contributed by atoms with E-state index in [-0.39, 0.29) is 10.8 Å². The first-order valence-electron chi connectivity index (χ1n) is 12.1. The van der Waals surface area contributed by atoms with E-state index >= 15 is 0 Å². The van der Waals surface area contributed by atoms with Crippen LogP contribution >= 0.6 is 11.3 Å². The van der Waals surface area contributed by atoms with Gasteiger partial charge in [-0.25, -0.2) is 13.4 Å². The summed E-state index contributed by atoms with van der Waals surface area (Å²) in [6, 6.07) is 24.5. The van der Waals surface area contributed by atoms with Crippen LogP contribution in [0.1, 0.15) is 30.9 Å². The molecule has 0 aliphatic heterocycles. The monoisotopic (exact) mass is 521 g/mol. The number of benzene rings is 3. The van der Waals surface area contributed by atoms with Crippen molar-refractivity contribution in [3.05, 3.63) is 90.0 Å². The van der Waals surface area contributed by atoms with Crippen LogP contribution in [0.3, 0.4) is 0 Å². The van der Waals surface area contributed by atoms with Gasteiger partial charge < -0.3 is 4.90 Å². The molecule has 8 heteroatoms. The van der Waals surface area contributed by atoms with E-state index in [1.165, 1.54) is 17.6 Å². The molecule has 1 amide bonds. The molecular weight excluding hydrogens is 490 g/mol. The molecule has 0 spiro atoms. The lowest BCUT2D eigenvalue weighted by atomic mass is 9.90. The molecule has 188 valence electrons. The summed E-state index contributed by atoms with van der Waals surface area (Å²) in [5.41, 5.74) is 2.52. The van der Waals surface area contributed by atoms with Gasteiger partial charge in [0.05, 0.1) is 21.0 Å². The molecule has 0 atom stereocenters. The zero-order chi connectivity index (χ0) is 25.7. The van der Waals surface area contributed by atoms with Crippen LogP contribution in [-0.4, -0.2) is 56.6 Å². The largest absolute Gasteiger partial charge is 0.302 e. The Balaban J connectivity index is 1.79. The number of thiazole rings is 1. The molecule has 0 unspecified atom stereocenters. The second-order valence-corrected chi connectivity index (χ2v) is 11.7. The number of fused-ring (bicyclic) bond motifs is 1. The quantitative estimate of drug-likeness (QED) is 0.287. The summed E-state index contributed by atoms with van der Waals surface area (Å²) in [5, 5.41) is 0.574. The Bertz CT molecular complexity index is 1380. The SMILES string of the molecule is CCN(CC)CCN(C(=O)C(c1ccccc1)c1ccccc1)c1nc2ccc(S(C)(=O)=O)cc2s1. The highest BCUT2D eigenvalue weighted by Crippen LogP contribution is 2.34. The van der Waals surface area contributed by atoms with Crippen molar-refractivity contribution in [2.75, 3.05) is 37.3 Å². The van der Waals surface area contributed by atoms with Gasteiger partial charge in [-0.1, -0.05) is 85.8 Å². The molecule has 0 aliphatic carbocycles. The Labute approximate surface area is 217 Å². The van der Waals surface area contributed by atoms with E-state index in [1.807, 2.05) is 60.7 Å². The maximum Gasteiger partial charge on any atom is 0.240 e. The van der Waals surface area contributed by atoms with Crippen molar-refractivity contribution < 1.29 is 13.2 Å². The lowest BCUT2D eigenvalue weighted by Crippen LogP contribution is -2.41. The Morgan fingerprint density at radius 1 is 0.889 bits per heavy atom. The maximum atomic E-state index is 14.3. The normalized spacial score (nSPS) is 11.9. The Morgan fingerprint density at radius 3 is 2.00 bits per heavy atom. The first kappa shape index (κ1) is 26.0. The molecule has 1 heterocycles. The maximum absolute atomic E-state index is 14.3. The van der Waals surface area contributed by atoms with Gasteiger partial charge in [0.15, 0.2) is 15.0 Å². The van der Waals surface area contributed by atoms with Gasteiger partial charge in [0, 0.05) is 19.3 Å². The summed E-state index contributed by atoms with van der Waals surface area (Å²) in [5.74, 6) is -0.537. The number of sulfone groups is 1. The molecule has 36 heavy (non-hydrogen) atoms. The van der Waals surface area contributed by atoms with Crippen LogP contribution in [0, 0.1) is 0 Å². The number of aromatic nitrogens is 1. The first-order chi connectivity index (χ1) is 17.3. The molecule has 3 aromatic carbocycles. The fourth-order valence-corrected chi connectivity index (χ4v) is 6.00. The molecular formula is C28H31N3O3S2. The topological polar surface area (TPSA) is 70.6 Å². The molecule has 0 fully saturated rings. The summed E-state index contributed by atoms with van der Waals surface area (Å²) in [6.45, 7) is 7.18. The summed E-state index contributed by atoms with van der Waals surface area (Å²) >= 11 is 1.35. The van der Waals surface area contributed by atoms with Crippen molar-refractivity contribution in [1.82, 2.24) is 9.88 Å². The molecule has 0 saturated heterocycles. The molecule has 6 nitrogen and oxygen atoms in total. The number of amides is 1. The Kier molecular flexibility index (Phi) is 8.18. The van der Waals surface area contributed by atoms with Gasteiger partial charge in [0.1, 0.15) is 0 Å². The van der Waals surface area contributed by atoms with Crippen molar-refractivity contribution >= 4 is 42.4 Å². The summed E-state index contributed by atoms with van der Waals surface area (Å²) < 4.78 is 24.9. The molecule has 0 radical (unpaired) electrons. The van der Waals surface area contributed by atoms with Crippen molar-refractivity contribution in [2.24, 2.45) is 0 Å². The number of carbonyl (C=O) groups is 1. The molecule has 4 aromatic rings. The average molecular weight is 522 g/mol. The van der Waals surface area contributed by atoms with E-state index in [0.717, 1.165) is 28.9 Å². The van der Waals surface area contributed by atoms with Gasteiger partial charge in [0.2, 0.25) is 5.91 Å². The van der Waals surface area contributed by atoms with Crippen molar-refractivity contribution in [3.63, 3.8) is 0 Å². The zero-order valence-corrected chi connectivity index (χ0v) is 22.4. The number of carbonyl (C=O) groups excluding carboxylic acids is 1. The fraction of sp³-hybridized carbons (Fsp3) is 0.286. The van der Waals surface area contributed by atoms with Crippen molar-refractivity contribution in [3.8, 4) is 0 Å². The van der Waals surface area contributed by atoms with Gasteiger partial charge in [0.25, 0.3) is 0 Å². The smallest absolute Gasteiger partial charge is 0.240 e. The van der Waals surface area contributed by atoms with Crippen LogP contribution in [0.4, 0.5) is 5.13 Å². The summed E-state index contributed by atoms with van der Waals surface area (Å²) in [6.07, 6.45) is 1.19. The third-order valence-electron chi connectivity index (χ3n) is 6.32. The van der Waals surface area contributed by atoms with Gasteiger partial charge in [-0.3, -0.25) is 9.69 Å². The number of anilines is 1. The number of rotatable bonds is 10. The molecule has 1 aromatic heterocycles. The van der Waals surface area contributed by atoms with E-state index < -0.39 is 15.8 Å². The number of likely N-dealkylation sites (N-methyl/N-ethyl adjacent to an activating group) is 1. The third-order valence-corrected chi connectivity index (χ3v) is 8.47. The summed E-state index contributed by atoms with van der Waals surface area (Å²) in [7, 11) is -3.34. The van der Waals surface area contributed by atoms with Crippen LogP contribution in [0.2, 0.25) is 0 Å². The van der Waals surface area contributed by atoms with Gasteiger partial charge in [-0.05, 0) is 42.4 Å². The van der Waals surface area contributed by atoms with E-state index in [4.69, 9.17) is 4.98 Å². The second-order valence-electron chi connectivity index (χ2n) is 8.67. The summed E-state index contributed by atoms with van der Waals surface area (Å²) in [4.78, 5) is 23.4. The molecule has 0 N–H and O–H groups in total. The Morgan fingerprint density at radius 2 is 1.47 bits per heavy atom. The number of hydrogen-bond acceptors (Lipinski definition) is 6. The molecule has 0 aliphatic rings. The minimum atomic E-state index is -3.34. The molecule has 0 saturated carbocycles. The van der Waals surface area contributed by atoms with E-state index in [2.05, 4.69) is 18.7 Å². The average Bonchev–Trinajstić information content (AvgIpc) is 3.30. The van der Waals surface area contributed by atoms with Crippen LogP contribution in [0.5, 0.6) is 0 Å². The van der Waals surface area contributed by atoms with Gasteiger partial charge in [-0.2, -0.15) is 0 Å². The number of nitrogens with zero attached hydrogens (tertiary/aromatic N) is 3. The van der Waals surface area contributed by atoms with E-state index in [9.17, 15) is 13.2 Å².